The molecule has 180 valence electrons. The number of methoxy groups -OCH3 is 1. The summed E-state index contributed by atoms with van der Waals surface area (Å²) in [5.74, 6) is -0.259. The van der Waals surface area contributed by atoms with Crippen LogP contribution in [0.25, 0.3) is 10.9 Å². The number of benzene rings is 3. The SMILES string of the molecule is CC(=O)OCC(=O)OCc1ccccc1.COc1ccc2c(c1)cc(C)n2C(=O)c1ccccc1. The van der Waals surface area contributed by atoms with Gasteiger partial charge in [0.2, 0.25) is 0 Å². The molecule has 35 heavy (non-hydrogen) atoms. The van der Waals surface area contributed by atoms with Gasteiger partial charge in [-0.1, -0.05) is 48.5 Å². The van der Waals surface area contributed by atoms with E-state index in [2.05, 4.69) is 4.74 Å². The van der Waals surface area contributed by atoms with Gasteiger partial charge in [0.25, 0.3) is 5.91 Å². The molecule has 0 spiro atoms. The van der Waals surface area contributed by atoms with E-state index in [9.17, 15) is 14.4 Å². The second-order valence-corrected chi connectivity index (χ2v) is 7.64. The molecule has 0 bridgehead atoms. The molecule has 7 heteroatoms. The van der Waals surface area contributed by atoms with E-state index in [0.29, 0.717) is 5.56 Å². The maximum absolute atomic E-state index is 12.6. The Hall–Kier alpha value is -4.39. The van der Waals surface area contributed by atoms with Crippen LogP contribution in [0.1, 0.15) is 28.5 Å². The second-order valence-electron chi connectivity index (χ2n) is 7.64. The van der Waals surface area contributed by atoms with Crippen LogP contribution in [0.2, 0.25) is 0 Å². The van der Waals surface area contributed by atoms with E-state index >= 15 is 0 Å². The highest BCUT2D eigenvalue weighted by Gasteiger charge is 2.14. The first kappa shape index (κ1) is 25.2. The van der Waals surface area contributed by atoms with E-state index in [1.54, 1.807) is 11.7 Å². The van der Waals surface area contributed by atoms with Crippen LogP contribution < -0.4 is 4.74 Å². The molecule has 0 N–H and O–H groups in total. The van der Waals surface area contributed by atoms with Gasteiger partial charge < -0.3 is 14.2 Å². The molecule has 0 fully saturated rings. The van der Waals surface area contributed by atoms with Crippen molar-refractivity contribution in [2.45, 2.75) is 20.5 Å². The van der Waals surface area contributed by atoms with Gasteiger partial charge in [-0.3, -0.25) is 14.2 Å². The van der Waals surface area contributed by atoms with Gasteiger partial charge in [0.15, 0.2) is 6.61 Å². The Morgan fingerprint density at radius 2 is 1.49 bits per heavy atom. The molecule has 0 radical (unpaired) electrons. The average molecular weight is 474 g/mol. The van der Waals surface area contributed by atoms with E-state index < -0.39 is 11.9 Å². The van der Waals surface area contributed by atoms with Crippen LogP contribution in [0.3, 0.4) is 0 Å². The third-order valence-electron chi connectivity index (χ3n) is 5.05. The van der Waals surface area contributed by atoms with Gasteiger partial charge >= 0.3 is 11.9 Å². The van der Waals surface area contributed by atoms with Gasteiger partial charge in [-0.15, -0.1) is 0 Å². The largest absolute Gasteiger partial charge is 0.497 e. The Bertz CT molecular complexity index is 1300. The molecule has 4 rings (SSSR count). The Morgan fingerprint density at radius 3 is 2.11 bits per heavy atom. The Kier molecular flexibility index (Phi) is 8.78. The molecule has 0 unspecified atom stereocenters. The maximum atomic E-state index is 12.6. The zero-order valence-electron chi connectivity index (χ0n) is 19.9. The fourth-order valence-corrected chi connectivity index (χ4v) is 3.38. The zero-order chi connectivity index (χ0) is 25.2. The van der Waals surface area contributed by atoms with Crippen LogP contribution in [-0.4, -0.2) is 36.1 Å². The number of hydrogen-bond acceptors (Lipinski definition) is 6. The number of hydrogen-bond donors (Lipinski definition) is 0. The number of carbonyl (C=O) groups is 3. The standard InChI is InChI=1S/C17H15NO2.C11H12O4/c1-12-10-14-11-15(20-2)8-9-16(14)18(12)17(19)13-6-4-3-5-7-13;1-9(12)14-8-11(13)15-7-10-5-3-2-4-6-10/h3-11H,1-2H3;2-6H,7-8H2,1H3. The molecule has 4 aromatic rings. The minimum atomic E-state index is -0.547. The normalized spacial score (nSPS) is 10.1. The second kappa shape index (κ2) is 12.2. The lowest BCUT2D eigenvalue weighted by Gasteiger charge is -2.07. The molecule has 0 atom stereocenters. The number of ether oxygens (including phenoxy) is 3. The van der Waals surface area contributed by atoms with Crippen molar-refractivity contribution in [3.05, 3.63) is 102 Å². The van der Waals surface area contributed by atoms with E-state index in [0.717, 1.165) is 27.9 Å². The van der Waals surface area contributed by atoms with Crippen LogP contribution in [-0.2, 0) is 25.7 Å². The molecule has 0 saturated heterocycles. The molecular formula is C28H27NO6. The molecule has 3 aromatic carbocycles. The van der Waals surface area contributed by atoms with Crippen molar-refractivity contribution in [1.82, 2.24) is 4.57 Å². The van der Waals surface area contributed by atoms with Crippen LogP contribution in [0.15, 0.2) is 84.9 Å². The molecule has 0 aliphatic rings. The Labute approximate surface area is 203 Å². The lowest BCUT2D eigenvalue weighted by molar-refractivity contribution is -0.158. The van der Waals surface area contributed by atoms with Gasteiger partial charge in [-0.25, -0.2) is 4.79 Å². The van der Waals surface area contributed by atoms with Crippen LogP contribution >= 0.6 is 0 Å². The number of rotatable bonds is 6. The monoisotopic (exact) mass is 473 g/mol. The van der Waals surface area contributed by atoms with Gasteiger partial charge in [0.05, 0.1) is 12.6 Å². The number of fused-ring (bicyclic) bond motifs is 1. The van der Waals surface area contributed by atoms with Crippen molar-refractivity contribution in [1.29, 1.82) is 0 Å². The van der Waals surface area contributed by atoms with E-state index in [-0.39, 0.29) is 19.1 Å². The molecule has 0 amide bonds. The predicted octanol–water partition coefficient (Wildman–Crippen LogP) is 4.94. The molecule has 0 saturated carbocycles. The van der Waals surface area contributed by atoms with Crippen LogP contribution in [0, 0.1) is 6.92 Å². The van der Waals surface area contributed by atoms with Crippen LogP contribution in [0.5, 0.6) is 5.75 Å². The number of esters is 2. The maximum Gasteiger partial charge on any atom is 0.344 e. The highest BCUT2D eigenvalue weighted by Crippen LogP contribution is 2.25. The highest BCUT2D eigenvalue weighted by atomic mass is 16.6. The minimum Gasteiger partial charge on any atom is -0.497 e. The van der Waals surface area contributed by atoms with Gasteiger partial charge in [0, 0.05) is 23.6 Å². The highest BCUT2D eigenvalue weighted by molar-refractivity contribution is 6.03. The molecule has 1 heterocycles. The van der Waals surface area contributed by atoms with Crippen LogP contribution in [0.4, 0.5) is 0 Å². The first-order valence-corrected chi connectivity index (χ1v) is 11.0. The molecular weight excluding hydrogens is 446 g/mol. The summed E-state index contributed by atoms with van der Waals surface area (Å²) in [6.07, 6.45) is 0. The Morgan fingerprint density at radius 1 is 0.829 bits per heavy atom. The van der Waals surface area contributed by atoms with Crippen molar-refractivity contribution in [3.8, 4) is 5.75 Å². The minimum absolute atomic E-state index is 0.0109. The smallest absolute Gasteiger partial charge is 0.344 e. The summed E-state index contributed by atoms with van der Waals surface area (Å²) < 4.78 is 16.3. The van der Waals surface area contributed by atoms with Crippen molar-refractivity contribution >= 4 is 28.7 Å². The molecule has 7 nitrogen and oxygen atoms in total. The third-order valence-corrected chi connectivity index (χ3v) is 5.05. The summed E-state index contributed by atoms with van der Waals surface area (Å²) in [7, 11) is 1.64. The Balaban J connectivity index is 0.000000205. The molecule has 0 aliphatic carbocycles. The van der Waals surface area contributed by atoms with E-state index in [1.807, 2.05) is 91.9 Å². The van der Waals surface area contributed by atoms with Gasteiger partial charge in [0.1, 0.15) is 12.4 Å². The quantitative estimate of drug-likeness (QED) is 0.369. The number of aryl methyl sites for hydroxylation is 1. The lowest BCUT2D eigenvalue weighted by Crippen LogP contribution is -2.14. The summed E-state index contributed by atoms with van der Waals surface area (Å²) in [5.41, 5.74) is 3.40. The van der Waals surface area contributed by atoms with Crippen molar-refractivity contribution in [2.75, 3.05) is 13.7 Å². The zero-order valence-corrected chi connectivity index (χ0v) is 19.9. The topological polar surface area (TPSA) is 83.8 Å². The summed E-state index contributed by atoms with van der Waals surface area (Å²) in [5, 5.41) is 1.01. The molecule has 0 aliphatic heterocycles. The van der Waals surface area contributed by atoms with Crippen molar-refractivity contribution in [3.63, 3.8) is 0 Å². The van der Waals surface area contributed by atoms with Gasteiger partial charge in [-0.05, 0) is 48.9 Å². The average Bonchev–Trinajstić information content (AvgIpc) is 3.22. The predicted molar refractivity (Wildman–Crippen MR) is 132 cm³/mol. The number of carbonyl (C=O) groups excluding carboxylic acids is 3. The van der Waals surface area contributed by atoms with Crippen molar-refractivity contribution < 1.29 is 28.6 Å². The number of nitrogens with zero attached hydrogens (tertiary/aromatic N) is 1. The van der Waals surface area contributed by atoms with E-state index in [4.69, 9.17) is 9.47 Å². The summed E-state index contributed by atoms with van der Waals surface area (Å²) in [4.78, 5) is 34.0. The summed E-state index contributed by atoms with van der Waals surface area (Å²) in [6, 6.07) is 26.3. The number of aromatic nitrogens is 1. The summed E-state index contributed by atoms with van der Waals surface area (Å²) >= 11 is 0. The molecule has 1 aromatic heterocycles. The third kappa shape index (κ3) is 7.04. The van der Waals surface area contributed by atoms with Gasteiger partial charge in [-0.2, -0.15) is 0 Å². The first-order valence-electron chi connectivity index (χ1n) is 11.0. The fraction of sp³-hybridized carbons (Fsp3) is 0.179. The first-order chi connectivity index (χ1) is 16.9. The lowest BCUT2D eigenvalue weighted by atomic mass is 10.2. The van der Waals surface area contributed by atoms with E-state index in [1.165, 1.54) is 6.92 Å². The van der Waals surface area contributed by atoms with Crippen molar-refractivity contribution in [2.24, 2.45) is 0 Å². The fourth-order valence-electron chi connectivity index (χ4n) is 3.38. The summed E-state index contributed by atoms with van der Waals surface area (Å²) in [6.45, 7) is 3.04.